The van der Waals surface area contributed by atoms with E-state index in [4.69, 9.17) is 9.47 Å². The molecule has 0 radical (unpaired) electrons. The fourth-order valence-electron chi connectivity index (χ4n) is 3.73. The van der Waals surface area contributed by atoms with Crippen LogP contribution in [0, 0.1) is 11.8 Å². The highest BCUT2D eigenvalue weighted by molar-refractivity contribution is 9.10. The van der Waals surface area contributed by atoms with Crippen LogP contribution < -0.4 is 4.74 Å². The minimum absolute atomic E-state index is 0.124. The van der Waals surface area contributed by atoms with Crippen molar-refractivity contribution in [1.82, 2.24) is 4.31 Å². The van der Waals surface area contributed by atoms with Gasteiger partial charge >= 0.3 is 5.97 Å². The lowest BCUT2D eigenvalue weighted by molar-refractivity contribution is -0.153. The summed E-state index contributed by atoms with van der Waals surface area (Å²) in [5, 5.41) is 0. The number of piperidine rings is 1. The zero-order chi connectivity index (χ0) is 23.8. The topological polar surface area (TPSA) is 72.9 Å². The van der Waals surface area contributed by atoms with Gasteiger partial charge in [0.05, 0.1) is 4.90 Å². The van der Waals surface area contributed by atoms with Gasteiger partial charge in [0.1, 0.15) is 24.5 Å². The Morgan fingerprint density at radius 1 is 1.15 bits per heavy atom. The first-order valence-electron chi connectivity index (χ1n) is 10.9. The number of hydrogen-bond donors (Lipinski definition) is 0. The van der Waals surface area contributed by atoms with Crippen LogP contribution in [0.25, 0.3) is 0 Å². The van der Waals surface area contributed by atoms with E-state index in [1.807, 2.05) is 31.2 Å². The summed E-state index contributed by atoms with van der Waals surface area (Å²) in [5.74, 6) is 5.57. The number of esters is 1. The molecule has 2 aromatic rings. The van der Waals surface area contributed by atoms with Crippen LogP contribution in [0.1, 0.15) is 38.7 Å². The smallest absolute Gasteiger partial charge is 0.324 e. The zero-order valence-corrected chi connectivity index (χ0v) is 21.2. The molecule has 1 fully saturated rings. The van der Waals surface area contributed by atoms with Crippen LogP contribution in [0.3, 0.4) is 0 Å². The van der Waals surface area contributed by atoms with Gasteiger partial charge in [-0.2, -0.15) is 4.31 Å². The summed E-state index contributed by atoms with van der Waals surface area (Å²) in [6, 6.07) is 13.2. The van der Waals surface area contributed by atoms with Crippen LogP contribution in [0.2, 0.25) is 0 Å². The van der Waals surface area contributed by atoms with Crippen LogP contribution >= 0.6 is 15.9 Å². The summed E-state index contributed by atoms with van der Waals surface area (Å²) in [7, 11) is -3.85. The zero-order valence-electron chi connectivity index (χ0n) is 18.8. The molecule has 3 rings (SSSR count). The highest BCUT2D eigenvalue weighted by atomic mass is 79.9. The highest BCUT2D eigenvalue weighted by Gasteiger charge is 2.39. The van der Waals surface area contributed by atoms with Crippen molar-refractivity contribution >= 4 is 31.9 Å². The third-order valence-electron chi connectivity index (χ3n) is 5.40. The van der Waals surface area contributed by atoms with Gasteiger partial charge in [-0.1, -0.05) is 34.0 Å². The summed E-state index contributed by atoms with van der Waals surface area (Å²) in [4.78, 5) is 13.1. The van der Waals surface area contributed by atoms with Crippen LogP contribution in [0.4, 0.5) is 0 Å². The van der Waals surface area contributed by atoms with Gasteiger partial charge in [0, 0.05) is 17.4 Å². The molecule has 33 heavy (non-hydrogen) atoms. The van der Waals surface area contributed by atoms with Crippen molar-refractivity contribution < 1.29 is 22.7 Å². The van der Waals surface area contributed by atoms with E-state index in [1.165, 1.54) is 16.4 Å². The predicted molar refractivity (Wildman–Crippen MR) is 130 cm³/mol. The van der Waals surface area contributed by atoms with Gasteiger partial charge < -0.3 is 9.47 Å². The highest BCUT2D eigenvalue weighted by Crippen LogP contribution is 2.28. The number of sulfonamides is 1. The molecule has 1 aliphatic rings. The van der Waals surface area contributed by atoms with E-state index in [0.29, 0.717) is 25.0 Å². The van der Waals surface area contributed by atoms with Gasteiger partial charge in [-0.25, -0.2) is 8.42 Å². The minimum atomic E-state index is -3.85. The molecule has 8 heteroatoms. The number of hydrogen-bond acceptors (Lipinski definition) is 5. The average Bonchev–Trinajstić information content (AvgIpc) is 2.81. The second kappa shape index (κ2) is 11.7. The standard InChI is InChI=1S/C25H28BrNO5S/c1-3-4-17-31-22-12-14-23(15-13-22)33(29,30)27-16-6-5-7-24(27)25(28)32-19(2)18-20-8-10-21(26)11-9-20/h8-15,19,24H,5-7,16-18H2,1-2H3. The van der Waals surface area contributed by atoms with Crippen molar-refractivity contribution in [2.75, 3.05) is 13.2 Å². The van der Waals surface area contributed by atoms with Crippen LogP contribution in [0.15, 0.2) is 57.9 Å². The average molecular weight is 534 g/mol. The number of carbonyl (C=O) groups is 1. The Morgan fingerprint density at radius 3 is 2.52 bits per heavy atom. The third-order valence-corrected chi connectivity index (χ3v) is 7.85. The maximum Gasteiger partial charge on any atom is 0.324 e. The molecule has 0 bridgehead atoms. The number of benzene rings is 2. The molecule has 2 unspecified atom stereocenters. The Morgan fingerprint density at radius 2 is 1.85 bits per heavy atom. The van der Waals surface area contributed by atoms with Crippen LogP contribution in [0.5, 0.6) is 5.75 Å². The SMILES string of the molecule is CC#CCOc1ccc(S(=O)(=O)N2CCCCC2C(=O)OC(C)Cc2ccc(Br)cc2)cc1. The molecule has 2 atom stereocenters. The molecule has 6 nitrogen and oxygen atoms in total. The summed E-state index contributed by atoms with van der Waals surface area (Å²) >= 11 is 3.41. The number of nitrogens with zero attached hydrogens (tertiary/aromatic N) is 1. The molecule has 0 aliphatic carbocycles. The Hall–Kier alpha value is -2.34. The summed E-state index contributed by atoms with van der Waals surface area (Å²) in [5.41, 5.74) is 1.04. The fraction of sp³-hybridized carbons (Fsp3) is 0.400. The van der Waals surface area contributed by atoms with E-state index < -0.39 is 22.0 Å². The van der Waals surface area contributed by atoms with Crippen LogP contribution in [-0.4, -0.2) is 44.0 Å². The summed E-state index contributed by atoms with van der Waals surface area (Å²) < 4.78 is 40.1. The van der Waals surface area contributed by atoms with E-state index in [0.717, 1.165) is 16.5 Å². The molecule has 0 aromatic heterocycles. The lowest BCUT2D eigenvalue weighted by Crippen LogP contribution is -2.49. The van der Waals surface area contributed by atoms with Crippen molar-refractivity contribution in [1.29, 1.82) is 0 Å². The van der Waals surface area contributed by atoms with Gasteiger partial charge in [-0.05, 0) is 75.1 Å². The number of ether oxygens (including phenoxy) is 2. The lowest BCUT2D eigenvalue weighted by Gasteiger charge is -2.33. The van der Waals surface area contributed by atoms with E-state index in [2.05, 4.69) is 27.8 Å². The van der Waals surface area contributed by atoms with Crippen molar-refractivity contribution in [3.8, 4) is 17.6 Å². The maximum absolute atomic E-state index is 13.3. The summed E-state index contributed by atoms with van der Waals surface area (Å²) in [6.45, 7) is 4.07. The van der Waals surface area contributed by atoms with Gasteiger partial charge in [-0.3, -0.25) is 4.79 Å². The van der Waals surface area contributed by atoms with Gasteiger partial charge in [0.2, 0.25) is 10.0 Å². The van der Waals surface area contributed by atoms with Gasteiger partial charge in [0.25, 0.3) is 0 Å². The molecular weight excluding hydrogens is 506 g/mol. The minimum Gasteiger partial charge on any atom is -0.481 e. The molecular formula is C25H28BrNO5S. The van der Waals surface area contributed by atoms with Gasteiger partial charge in [-0.15, -0.1) is 5.92 Å². The molecule has 0 amide bonds. The normalized spacial score (nSPS) is 17.5. The molecule has 0 saturated carbocycles. The third kappa shape index (κ3) is 6.83. The molecule has 2 aromatic carbocycles. The van der Waals surface area contributed by atoms with E-state index >= 15 is 0 Å². The Bertz CT molecular complexity index is 1100. The first-order valence-corrected chi connectivity index (χ1v) is 13.1. The Balaban J connectivity index is 1.69. The second-order valence-corrected chi connectivity index (χ2v) is 10.7. The second-order valence-electron chi connectivity index (χ2n) is 7.89. The van der Waals surface area contributed by atoms with Crippen molar-refractivity contribution in [3.63, 3.8) is 0 Å². The van der Waals surface area contributed by atoms with E-state index in [-0.39, 0.29) is 24.2 Å². The predicted octanol–water partition coefficient (Wildman–Crippen LogP) is 4.57. The van der Waals surface area contributed by atoms with Crippen molar-refractivity contribution in [3.05, 3.63) is 58.6 Å². The van der Waals surface area contributed by atoms with Crippen LogP contribution in [-0.2, 0) is 26.0 Å². The molecule has 0 N–H and O–H groups in total. The first-order chi connectivity index (χ1) is 15.8. The monoisotopic (exact) mass is 533 g/mol. The molecule has 176 valence electrons. The van der Waals surface area contributed by atoms with Crippen molar-refractivity contribution in [2.24, 2.45) is 0 Å². The van der Waals surface area contributed by atoms with E-state index in [9.17, 15) is 13.2 Å². The number of halogens is 1. The van der Waals surface area contributed by atoms with Crippen molar-refractivity contribution in [2.45, 2.75) is 56.6 Å². The molecule has 1 aliphatic heterocycles. The number of carbonyl (C=O) groups excluding carboxylic acids is 1. The molecule has 1 saturated heterocycles. The fourth-order valence-corrected chi connectivity index (χ4v) is 5.65. The molecule has 0 spiro atoms. The maximum atomic E-state index is 13.3. The van der Waals surface area contributed by atoms with Gasteiger partial charge in [0.15, 0.2) is 0 Å². The Labute approximate surface area is 204 Å². The largest absolute Gasteiger partial charge is 0.481 e. The quantitative estimate of drug-likeness (QED) is 0.367. The lowest BCUT2D eigenvalue weighted by atomic mass is 10.0. The Kier molecular flexibility index (Phi) is 8.95. The summed E-state index contributed by atoms with van der Waals surface area (Å²) in [6.07, 6.45) is 2.11. The first kappa shape index (κ1) is 25.3. The number of rotatable bonds is 8. The van der Waals surface area contributed by atoms with E-state index in [1.54, 1.807) is 19.1 Å². The molecule has 1 heterocycles.